The monoisotopic (exact) mass is 834 g/mol. The Morgan fingerprint density at radius 2 is 0.862 bits per heavy atom. The molecule has 13 rings (SSSR count). The minimum Gasteiger partial charge on any atom is -0.453 e. The van der Waals surface area contributed by atoms with Gasteiger partial charge in [0.2, 0.25) is 0 Å². The fraction of sp³-hybridized carbons (Fsp3) is 0.0492. The maximum Gasteiger partial charge on any atom is 0.151 e. The summed E-state index contributed by atoms with van der Waals surface area (Å²) in [6.45, 7) is 4.72. The molecule has 10 aromatic rings. The van der Waals surface area contributed by atoms with E-state index in [4.69, 9.17) is 9.47 Å². The Balaban J connectivity index is 0.804. The van der Waals surface area contributed by atoms with Crippen LogP contribution in [0.25, 0.3) is 56.0 Å². The summed E-state index contributed by atoms with van der Waals surface area (Å²) in [7, 11) is 0. The van der Waals surface area contributed by atoms with E-state index in [1.807, 2.05) is 48.5 Å². The van der Waals surface area contributed by atoms with Crippen LogP contribution in [0, 0.1) is 0 Å². The zero-order chi connectivity index (χ0) is 43.2. The van der Waals surface area contributed by atoms with Crippen LogP contribution in [0.3, 0.4) is 0 Å². The minimum absolute atomic E-state index is 0.190. The Hall–Kier alpha value is -8.34. The van der Waals surface area contributed by atoms with Crippen molar-refractivity contribution in [2.24, 2.45) is 0 Å². The van der Waals surface area contributed by atoms with Gasteiger partial charge in [-0.05, 0) is 145 Å². The summed E-state index contributed by atoms with van der Waals surface area (Å²) >= 11 is 0. The molecule has 0 bridgehead atoms. The Bertz CT molecular complexity index is 3530. The molecule has 4 nitrogen and oxygen atoms in total. The molecular weight excluding hydrogens is 793 g/mol. The zero-order valence-corrected chi connectivity index (χ0v) is 36.0. The van der Waals surface area contributed by atoms with E-state index in [-0.39, 0.29) is 5.41 Å². The Morgan fingerprint density at radius 3 is 1.49 bits per heavy atom. The van der Waals surface area contributed by atoms with E-state index in [0.29, 0.717) is 0 Å². The molecule has 0 fully saturated rings. The molecule has 0 aromatic heterocycles. The van der Waals surface area contributed by atoms with E-state index in [1.54, 1.807) is 0 Å². The van der Waals surface area contributed by atoms with Gasteiger partial charge in [0.25, 0.3) is 0 Å². The molecule has 3 aliphatic rings. The lowest BCUT2D eigenvalue weighted by Crippen LogP contribution is -2.18. The number of hydrogen-bond acceptors (Lipinski definition) is 4. The highest BCUT2D eigenvalue weighted by molar-refractivity contribution is 6.04. The topological polar surface area (TPSA) is 24.9 Å². The third kappa shape index (κ3) is 5.91. The van der Waals surface area contributed by atoms with Gasteiger partial charge in [0.15, 0.2) is 23.0 Å². The molecule has 0 N–H and O–H groups in total. The van der Waals surface area contributed by atoms with Crippen molar-refractivity contribution in [2.45, 2.75) is 19.3 Å². The largest absolute Gasteiger partial charge is 0.453 e. The highest BCUT2D eigenvalue weighted by Crippen LogP contribution is 2.55. The summed E-state index contributed by atoms with van der Waals surface area (Å²) in [5.74, 6) is 3.43. The number of rotatable bonds is 5. The maximum absolute atomic E-state index is 6.33. The van der Waals surface area contributed by atoms with E-state index in [0.717, 1.165) is 57.1 Å². The van der Waals surface area contributed by atoms with Crippen molar-refractivity contribution >= 4 is 67.8 Å². The van der Waals surface area contributed by atoms with Gasteiger partial charge >= 0.3 is 0 Å². The van der Waals surface area contributed by atoms with Crippen molar-refractivity contribution in [1.29, 1.82) is 0 Å². The van der Waals surface area contributed by atoms with Crippen molar-refractivity contribution < 1.29 is 9.47 Å². The second-order valence-corrected chi connectivity index (χ2v) is 17.7. The van der Waals surface area contributed by atoms with Crippen molar-refractivity contribution in [3.8, 4) is 45.3 Å². The van der Waals surface area contributed by atoms with Crippen molar-refractivity contribution in [3.05, 3.63) is 229 Å². The molecule has 10 aromatic carbocycles. The Kier molecular flexibility index (Phi) is 8.22. The summed E-state index contributed by atoms with van der Waals surface area (Å²) in [5, 5.41) is 4.85. The lowest BCUT2D eigenvalue weighted by Gasteiger charge is -2.33. The molecule has 1 aliphatic carbocycles. The van der Waals surface area contributed by atoms with Crippen molar-refractivity contribution in [2.75, 3.05) is 9.80 Å². The molecular formula is C61H42N2O2. The predicted octanol–water partition coefficient (Wildman–Crippen LogP) is 17.3. The fourth-order valence-electron chi connectivity index (χ4n) is 10.4. The first-order valence-corrected chi connectivity index (χ1v) is 22.3. The average Bonchev–Trinajstić information content (AvgIpc) is 3.58. The van der Waals surface area contributed by atoms with Gasteiger partial charge in [-0.2, -0.15) is 0 Å². The lowest BCUT2D eigenvalue weighted by atomic mass is 9.81. The third-order valence-corrected chi connectivity index (χ3v) is 13.6. The molecule has 0 spiro atoms. The first kappa shape index (κ1) is 37.2. The van der Waals surface area contributed by atoms with Gasteiger partial charge in [0, 0.05) is 16.8 Å². The number of anilines is 6. The highest BCUT2D eigenvalue weighted by Gasteiger charge is 2.37. The van der Waals surface area contributed by atoms with Crippen LogP contribution in [0.15, 0.2) is 206 Å². The van der Waals surface area contributed by atoms with Gasteiger partial charge in [-0.25, -0.2) is 0 Å². The third-order valence-electron chi connectivity index (χ3n) is 13.6. The van der Waals surface area contributed by atoms with Crippen LogP contribution >= 0.6 is 0 Å². The van der Waals surface area contributed by atoms with Gasteiger partial charge < -0.3 is 19.3 Å². The SMILES string of the molecule is CC1(C)c2cc(/C=C/c3ccc(-c4ccc5cc(N6c7ccccc7Oc7ccccc76)ccc5c4)c4ccccc34)ccc2-c2ccc(N3c4ccccc4Oc4ccccc43)cc21. The number of benzene rings is 10. The van der Waals surface area contributed by atoms with E-state index in [1.165, 1.54) is 66.1 Å². The highest BCUT2D eigenvalue weighted by atomic mass is 16.5. The van der Waals surface area contributed by atoms with Crippen LogP contribution in [0.4, 0.5) is 34.1 Å². The van der Waals surface area contributed by atoms with Crippen molar-refractivity contribution in [3.63, 3.8) is 0 Å². The van der Waals surface area contributed by atoms with Gasteiger partial charge in [-0.1, -0.05) is 153 Å². The molecule has 0 radical (unpaired) electrons. The average molecular weight is 835 g/mol. The van der Waals surface area contributed by atoms with Gasteiger partial charge in [-0.3, -0.25) is 0 Å². The van der Waals surface area contributed by atoms with Crippen LogP contribution in [0.1, 0.15) is 36.1 Å². The van der Waals surface area contributed by atoms with Crippen LogP contribution < -0.4 is 19.3 Å². The summed E-state index contributed by atoms with van der Waals surface area (Å²) in [6.07, 6.45) is 4.55. The Morgan fingerprint density at radius 1 is 0.385 bits per heavy atom. The first-order valence-electron chi connectivity index (χ1n) is 22.3. The molecule has 2 aliphatic heterocycles. The summed E-state index contributed by atoms with van der Waals surface area (Å²) in [6, 6.07) is 73.9. The number of hydrogen-bond donors (Lipinski definition) is 0. The zero-order valence-electron chi connectivity index (χ0n) is 36.0. The van der Waals surface area contributed by atoms with Crippen LogP contribution in [-0.2, 0) is 5.41 Å². The molecule has 65 heavy (non-hydrogen) atoms. The summed E-state index contributed by atoms with van der Waals surface area (Å²) in [5.41, 5.74) is 16.3. The predicted molar refractivity (Wildman–Crippen MR) is 269 cm³/mol. The quantitative estimate of drug-likeness (QED) is 0.161. The molecule has 4 heteroatoms. The molecule has 2 heterocycles. The molecule has 0 saturated heterocycles. The second kappa shape index (κ2) is 14.3. The smallest absolute Gasteiger partial charge is 0.151 e. The molecule has 0 saturated carbocycles. The lowest BCUT2D eigenvalue weighted by molar-refractivity contribution is 0.476. The van der Waals surface area contributed by atoms with Gasteiger partial charge in [-0.15, -0.1) is 0 Å². The van der Waals surface area contributed by atoms with E-state index in [2.05, 4.69) is 194 Å². The number of fused-ring (bicyclic) bond motifs is 9. The van der Waals surface area contributed by atoms with Gasteiger partial charge in [0.1, 0.15) is 0 Å². The molecule has 308 valence electrons. The fourth-order valence-corrected chi connectivity index (χ4v) is 10.4. The van der Waals surface area contributed by atoms with Gasteiger partial charge in [0.05, 0.1) is 22.7 Å². The number of nitrogens with zero attached hydrogens (tertiary/aromatic N) is 2. The van der Waals surface area contributed by atoms with Crippen LogP contribution in [0.2, 0.25) is 0 Å². The minimum atomic E-state index is -0.190. The Labute approximate surface area is 378 Å². The van der Waals surface area contributed by atoms with E-state index < -0.39 is 0 Å². The number of ether oxygens (including phenoxy) is 2. The number of para-hydroxylation sites is 8. The van der Waals surface area contributed by atoms with Crippen molar-refractivity contribution in [1.82, 2.24) is 0 Å². The van der Waals surface area contributed by atoms with Crippen LogP contribution in [-0.4, -0.2) is 0 Å². The molecule has 0 amide bonds. The van der Waals surface area contributed by atoms with E-state index in [9.17, 15) is 0 Å². The van der Waals surface area contributed by atoms with E-state index >= 15 is 0 Å². The maximum atomic E-state index is 6.33. The molecule has 0 atom stereocenters. The van der Waals surface area contributed by atoms with Crippen LogP contribution in [0.5, 0.6) is 23.0 Å². The molecule has 0 unspecified atom stereocenters. The summed E-state index contributed by atoms with van der Waals surface area (Å²) in [4.78, 5) is 4.63. The standard InChI is InChI=1S/C61H42N2O2/c1-61(2)51-35-39(24-32-49(51)50-34-31-45(38-52(50)61)63-55-17-7-11-21-59(55)65-60-22-12-8-18-56(60)63)23-25-40-29-33-47(48-14-4-3-13-46(40)48)43-27-26-42-37-44(30-28-41(42)36-43)62-53-15-5-9-19-57(53)64-58-20-10-6-16-54(58)62/h3-38H,1-2H3/b25-23+. The normalized spacial score (nSPS) is 13.9. The first-order chi connectivity index (χ1) is 32.0. The summed E-state index contributed by atoms with van der Waals surface area (Å²) < 4.78 is 12.6. The second-order valence-electron chi connectivity index (χ2n) is 17.7.